The molecule has 6 heteroatoms. The molecule has 0 heterocycles. The Bertz CT molecular complexity index is 74.1. The predicted molar refractivity (Wildman–Crippen MR) is 26.4 cm³/mol. The highest BCUT2D eigenvalue weighted by molar-refractivity contribution is 6.97. The van der Waals surface area contributed by atoms with E-state index in [0.717, 1.165) is 0 Å². The Hall–Kier alpha value is -0.336. The van der Waals surface area contributed by atoms with Crippen LogP contribution in [-0.4, -0.2) is 29.3 Å². The van der Waals surface area contributed by atoms with E-state index >= 15 is 0 Å². The summed E-state index contributed by atoms with van der Waals surface area (Å²) in [4.78, 5) is 20.1. The summed E-state index contributed by atoms with van der Waals surface area (Å²) in [6.07, 6.45) is 0. The van der Waals surface area contributed by atoms with E-state index in [1.807, 2.05) is 4.98 Å². The zero-order valence-electron chi connectivity index (χ0n) is 3.43. The highest BCUT2D eigenvalue weighted by Crippen LogP contribution is 1.54. The van der Waals surface area contributed by atoms with E-state index in [0.29, 0.717) is 0 Å². The summed E-state index contributed by atoms with van der Waals surface area (Å²) in [5.74, 6) is 0. The lowest BCUT2D eigenvalue weighted by molar-refractivity contribution is 0.252. The highest BCUT2D eigenvalue weighted by atomic mass is 29.2. The van der Waals surface area contributed by atoms with E-state index in [1.165, 1.54) is 0 Å². The average Bonchev–Trinajstić information content (AvgIpc) is 1.27. The van der Waals surface area contributed by atoms with Crippen LogP contribution in [0, 0.1) is 0 Å². The molecule has 0 fully saturated rings. The fourth-order valence-electron chi connectivity index (χ4n) is 0.117. The monoisotopic (exact) mass is 132 g/mol. The molecule has 0 unspecified atom stereocenters. The zero-order chi connectivity index (χ0) is 5.86. The standard InChI is InChI=1S/CH4N2O2Si2/c2-1(4)3-7(5)6/h5H,(H3,2,3,4). The van der Waals surface area contributed by atoms with Crippen molar-refractivity contribution in [1.29, 1.82) is 0 Å². The van der Waals surface area contributed by atoms with Gasteiger partial charge in [0.25, 0.3) is 0 Å². The molecule has 4 radical (unpaired) electrons. The predicted octanol–water partition coefficient (Wildman–Crippen LogP) is -2.20. The summed E-state index contributed by atoms with van der Waals surface area (Å²) >= 11 is 0. The first kappa shape index (κ1) is 6.66. The summed E-state index contributed by atoms with van der Waals surface area (Å²) in [6, 6.07) is -0.716. The van der Waals surface area contributed by atoms with E-state index in [-0.39, 0.29) is 0 Å². The van der Waals surface area contributed by atoms with Crippen molar-refractivity contribution in [2.24, 2.45) is 5.73 Å². The van der Waals surface area contributed by atoms with Gasteiger partial charge in [0.15, 0.2) is 0 Å². The average molecular weight is 132 g/mol. The van der Waals surface area contributed by atoms with Crippen molar-refractivity contribution in [2.75, 3.05) is 0 Å². The first-order valence-corrected chi connectivity index (χ1v) is 4.41. The number of hydrogen-bond donors (Lipinski definition) is 3. The maximum atomic E-state index is 9.76. The van der Waals surface area contributed by atoms with Crippen molar-refractivity contribution >= 4 is 24.5 Å². The van der Waals surface area contributed by atoms with Gasteiger partial charge in [-0.05, 0) is 0 Å². The molecule has 7 heavy (non-hydrogen) atoms. The third-order valence-electron chi connectivity index (χ3n) is 0.242. The molecule has 0 aliphatic carbocycles. The third-order valence-corrected chi connectivity index (χ3v) is 1.10. The second-order valence-corrected chi connectivity index (χ2v) is 3.21. The lowest BCUT2D eigenvalue weighted by Gasteiger charge is -1.96. The Kier molecular flexibility index (Phi) is 2.64. The highest BCUT2D eigenvalue weighted by Gasteiger charge is 1.99. The second kappa shape index (κ2) is 2.77. The van der Waals surface area contributed by atoms with E-state index in [9.17, 15) is 4.79 Å². The van der Waals surface area contributed by atoms with Crippen LogP contribution in [-0.2, 0) is 0 Å². The van der Waals surface area contributed by atoms with Gasteiger partial charge in [-0.15, -0.1) is 0 Å². The first-order chi connectivity index (χ1) is 3.13. The molecule has 0 aliphatic heterocycles. The largest absolute Gasteiger partial charge is 0.417 e. The van der Waals surface area contributed by atoms with E-state index in [2.05, 4.69) is 15.5 Å². The van der Waals surface area contributed by atoms with E-state index < -0.39 is 14.8 Å². The molecule has 4 nitrogen and oxygen atoms in total. The molecule has 38 valence electrons. The van der Waals surface area contributed by atoms with Gasteiger partial charge in [-0.25, -0.2) is 4.79 Å². The van der Waals surface area contributed by atoms with Gasteiger partial charge in [-0.1, -0.05) is 0 Å². The lowest BCUT2D eigenvalue weighted by Crippen LogP contribution is -2.42. The van der Waals surface area contributed by atoms with Gasteiger partial charge in [0.05, 0.1) is 9.76 Å². The molecule has 4 N–H and O–H groups in total. The normalized spacial score (nSPS) is 9.00. The number of amides is 2. The summed E-state index contributed by atoms with van der Waals surface area (Å²) in [6.45, 7) is 0. The fourth-order valence-corrected chi connectivity index (χ4v) is 0.720. The smallest absolute Gasteiger partial charge is 0.305 e. The Morgan fingerprint density at radius 2 is 2.43 bits per heavy atom. The number of urea groups is 1. The number of hydrogen-bond acceptors (Lipinski definition) is 2. The summed E-state index contributed by atoms with van der Waals surface area (Å²) in [5.41, 5.74) is 4.58. The Morgan fingerprint density at radius 1 is 2.00 bits per heavy atom. The van der Waals surface area contributed by atoms with Gasteiger partial charge in [-0.2, -0.15) is 0 Å². The molecule has 0 aromatic carbocycles. The number of carbonyl (C=O) groups excluding carboxylic acids is 1. The van der Waals surface area contributed by atoms with Crippen molar-refractivity contribution in [3.8, 4) is 0 Å². The molecule has 0 aliphatic rings. The second-order valence-electron chi connectivity index (χ2n) is 0.838. The van der Waals surface area contributed by atoms with Gasteiger partial charge in [0, 0.05) is 0 Å². The maximum absolute atomic E-state index is 9.76. The van der Waals surface area contributed by atoms with Crippen LogP contribution in [0.1, 0.15) is 0 Å². The zero-order valence-corrected chi connectivity index (χ0v) is 5.43. The van der Waals surface area contributed by atoms with Crippen LogP contribution in [0.3, 0.4) is 0 Å². The minimum atomic E-state index is -1.85. The fraction of sp³-hybridized carbons (Fsp3) is 0. The van der Waals surface area contributed by atoms with Gasteiger partial charge in [0.2, 0.25) is 0 Å². The molecule has 0 bridgehead atoms. The van der Waals surface area contributed by atoms with Crippen molar-refractivity contribution in [2.45, 2.75) is 0 Å². The number of rotatable bonds is 1. The van der Waals surface area contributed by atoms with Crippen molar-refractivity contribution in [1.82, 2.24) is 4.98 Å². The molecule has 2 amide bonds. The molecular weight excluding hydrogens is 128 g/mol. The molecular formula is CH4N2O2Si2. The van der Waals surface area contributed by atoms with Gasteiger partial charge in [-0.3, -0.25) is 0 Å². The van der Waals surface area contributed by atoms with Crippen LogP contribution in [0.4, 0.5) is 4.79 Å². The number of nitrogens with one attached hydrogen (secondary N) is 1. The van der Waals surface area contributed by atoms with Crippen LogP contribution in [0.5, 0.6) is 0 Å². The van der Waals surface area contributed by atoms with E-state index in [1.54, 1.807) is 0 Å². The van der Waals surface area contributed by atoms with Crippen molar-refractivity contribution < 1.29 is 9.59 Å². The van der Waals surface area contributed by atoms with Crippen molar-refractivity contribution in [3.05, 3.63) is 0 Å². The lowest BCUT2D eigenvalue weighted by atomic mass is 11.2. The van der Waals surface area contributed by atoms with Crippen LogP contribution < -0.4 is 10.7 Å². The topological polar surface area (TPSA) is 75.4 Å². The van der Waals surface area contributed by atoms with Crippen LogP contribution in [0.2, 0.25) is 0 Å². The first-order valence-electron chi connectivity index (χ1n) is 1.47. The number of primary amides is 1. The number of nitrogens with two attached hydrogens (primary N) is 1. The van der Waals surface area contributed by atoms with Crippen LogP contribution in [0.25, 0.3) is 0 Å². The minimum Gasteiger partial charge on any atom is -0.417 e. The summed E-state index contributed by atoms with van der Waals surface area (Å²) < 4.78 is 0. The maximum Gasteiger partial charge on any atom is 0.305 e. The molecule has 0 rings (SSSR count). The summed E-state index contributed by atoms with van der Waals surface area (Å²) in [5, 5.41) is 0. The van der Waals surface area contributed by atoms with Gasteiger partial charge in [0.1, 0.15) is 0 Å². The Labute approximate surface area is 45.7 Å². The Morgan fingerprint density at radius 3 is 2.43 bits per heavy atom. The Balaban J connectivity index is 3.13. The number of carbonyl (C=O) groups is 1. The molecule has 0 spiro atoms. The quantitative estimate of drug-likeness (QED) is 0.354. The van der Waals surface area contributed by atoms with E-state index in [4.69, 9.17) is 4.80 Å². The van der Waals surface area contributed by atoms with Crippen LogP contribution in [0.15, 0.2) is 0 Å². The molecule has 0 saturated carbocycles. The van der Waals surface area contributed by atoms with Crippen molar-refractivity contribution in [3.63, 3.8) is 0 Å². The molecule has 0 aromatic rings. The molecule has 0 atom stereocenters. The van der Waals surface area contributed by atoms with Crippen LogP contribution >= 0.6 is 0 Å². The SMILES string of the molecule is NC(=O)N[Si](O)[Si]. The molecule has 0 saturated heterocycles. The third kappa shape index (κ3) is 5.66. The van der Waals surface area contributed by atoms with Gasteiger partial charge < -0.3 is 15.5 Å². The minimum absolute atomic E-state index is 0.716. The molecule has 0 aromatic heterocycles. The summed E-state index contributed by atoms with van der Waals surface area (Å²) in [7, 11) is 0.912. The van der Waals surface area contributed by atoms with Gasteiger partial charge >= 0.3 is 14.8 Å².